The third-order valence-electron chi connectivity index (χ3n) is 4.18. The van der Waals surface area contributed by atoms with E-state index in [-0.39, 0.29) is 5.91 Å². The summed E-state index contributed by atoms with van der Waals surface area (Å²) in [7, 11) is 1.97. The van der Waals surface area contributed by atoms with Gasteiger partial charge < -0.3 is 14.5 Å². The fraction of sp³-hybridized carbons (Fsp3) is 0.389. The summed E-state index contributed by atoms with van der Waals surface area (Å²) in [5.74, 6) is -0.0000581. The zero-order chi connectivity index (χ0) is 15.9. The van der Waals surface area contributed by atoms with Gasteiger partial charge in [0.1, 0.15) is 5.69 Å². The van der Waals surface area contributed by atoms with Crippen molar-refractivity contribution < 1.29 is 4.79 Å². The minimum absolute atomic E-state index is 0.0000581. The number of rotatable bonds is 4. The van der Waals surface area contributed by atoms with E-state index in [4.69, 9.17) is 0 Å². The summed E-state index contributed by atoms with van der Waals surface area (Å²) in [6, 6.07) is 10.7. The first-order chi connectivity index (χ1) is 10.6. The first-order valence-electron chi connectivity index (χ1n) is 7.92. The van der Waals surface area contributed by atoms with Gasteiger partial charge in [-0.3, -0.25) is 4.79 Å². The molecule has 3 aromatic rings. The van der Waals surface area contributed by atoms with Crippen molar-refractivity contribution in [3.63, 3.8) is 0 Å². The number of amides is 1. The van der Waals surface area contributed by atoms with Crippen molar-refractivity contribution in [2.45, 2.75) is 33.2 Å². The van der Waals surface area contributed by atoms with E-state index in [9.17, 15) is 4.79 Å². The van der Waals surface area contributed by atoms with E-state index < -0.39 is 0 Å². The molecule has 2 aromatic heterocycles. The Morgan fingerprint density at radius 3 is 2.64 bits per heavy atom. The number of carbonyl (C=O) groups is 1. The standard InChI is InChI=1S/C18H23N3O/c1-5-10-19-18(22)16-11-15-17(20(16)4)13-8-6-7-9-14(13)21(15)12(2)3/h6-9,11-12H,5,10H2,1-4H3,(H,19,22). The van der Waals surface area contributed by atoms with E-state index in [1.54, 1.807) is 0 Å². The Morgan fingerprint density at radius 2 is 1.95 bits per heavy atom. The van der Waals surface area contributed by atoms with Crippen molar-refractivity contribution in [1.82, 2.24) is 14.5 Å². The van der Waals surface area contributed by atoms with Gasteiger partial charge in [0.2, 0.25) is 0 Å². The molecular weight excluding hydrogens is 274 g/mol. The Labute approximate surface area is 130 Å². The molecule has 0 aliphatic rings. The molecule has 0 spiro atoms. The second kappa shape index (κ2) is 5.52. The lowest BCUT2D eigenvalue weighted by atomic mass is 10.2. The van der Waals surface area contributed by atoms with Crippen molar-refractivity contribution in [3.05, 3.63) is 36.0 Å². The van der Waals surface area contributed by atoms with Crippen LogP contribution in [-0.2, 0) is 7.05 Å². The molecule has 0 saturated heterocycles. The van der Waals surface area contributed by atoms with Crippen LogP contribution in [0.15, 0.2) is 30.3 Å². The molecule has 116 valence electrons. The van der Waals surface area contributed by atoms with Crippen molar-refractivity contribution >= 4 is 27.8 Å². The molecule has 1 amide bonds. The van der Waals surface area contributed by atoms with Crippen molar-refractivity contribution in [2.24, 2.45) is 7.05 Å². The molecule has 1 aromatic carbocycles. The summed E-state index contributed by atoms with van der Waals surface area (Å²) in [5, 5.41) is 4.17. The number of carbonyl (C=O) groups excluding carboxylic acids is 1. The van der Waals surface area contributed by atoms with Gasteiger partial charge >= 0.3 is 0 Å². The predicted octanol–water partition coefficient (Wildman–Crippen LogP) is 3.85. The van der Waals surface area contributed by atoms with Gasteiger partial charge in [0, 0.05) is 25.0 Å². The van der Waals surface area contributed by atoms with Crippen LogP contribution in [0, 0.1) is 0 Å². The number of hydrogen-bond acceptors (Lipinski definition) is 1. The highest BCUT2D eigenvalue weighted by molar-refractivity contribution is 6.10. The van der Waals surface area contributed by atoms with Crippen molar-refractivity contribution in [2.75, 3.05) is 6.54 Å². The minimum Gasteiger partial charge on any atom is -0.351 e. The van der Waals surface area contributed by atoms with Gasteiger partial charge in [0.15, 0.2) is 0 Å². The van der Waals surface area contributed by atoms with Gasteiger partial charge in [-0.05, 0) is 32.4 Å². The van der Waals surface area contributed by atoms with Crippen LogP contribution >= 0.6 is 0 Å². The van der Waals surface area contributed by atoms with Crippen LogP contribution in [0.1, 0.15) is 43.7 Å². The number of benzene rings is 1. The number of aromatic nitrogens is 2. The highest BCUT2D eigenvalue weighted by Crippen LogP contribution is 2.33. The second-order valence-corrected chi connectivity index (χ2v) is 6.06. The van der Waals surface area contributed by atoms with Crippen LogP contribution in [0.2, 0.25) is 0 Å². The molecule has 1 N–H and O–H groups in total. The average Bonchev–Trinajstić information content (AvgIpc) is 2.99. The van der Waals surface area contributed by atoms with Crippen molar-refractivity contribution in [3.8, 4) is 0 Å². The summed E-state index contributed by atoms with van der Waals surface area (Å²) in [4.78, 5) is 12.4. The van der Waals surface area contributed by atoms with Crippen LogP contribution in [0.25, 0.3) is 21.9 Å². The van der Waals surface area contributed by atoms with Crippen LogP contribution in [0.5, 0.6) is 0 Å². The maximum atomic E-state index is 12.4. The minimum atomic E-state index is -0.0000581. The monoisotopic (exact) mass is 297 g/mol. The maximum Gasteiger partial charge on any atom is 0.267 e. The van der Waals surface area contributed by atoms with Crippen LogP contribution in [0.4, 0.5) is 0 Å². The van der Waals surface area contributed by atoms with E-state index in [1.807, 2.05) is 17.7 Å². The van der Waals surface area contributed by atoms with Gasteiger partial charge in [-0.2, -0.15) is 0 Å². The summed E-state index contributed by atoms with van der Waals surface area (Å²) in [5.41, 5.74) is 4.20. The van der Waals surface area contributed by atoms with Gasteiger partial charge in [-0.1, -0.05) is 25.1 Å². The molecular formula is C18H23N3O. The number of aryl methyl sites for hydroxylation is 1. The fourth-order valence-electron chi connectivity index (χ4n) is 3.21. The van der Waals surface area contributed by atoms with Gasteiger partial charge in [0.05, 0.1) is 16.6 Å². The van der Waals surface area contributed by atoms with Crippen LogP contribution in [0.3, 0.4) is 0 Å². The molecule has 0 aliphatic heterocycles. The molecule has 22 heavy (non-hydrogen) atoms. The largest absolute Gasteiger partial charge is 0.351 e. The molecule has 3 rings (SSSR count). The molecule has 0 unspecified atom stereocenters. The molecule has 2 heterocycles. The van der Waals surface area contributed by atoms with Gasteiger partial charge in [0.25, 0.3) is 5.91 Å². The Morgan fingerprint density at radius 1 is 1.23 bits per heavy atom. The molecule has 4 nitrogen and oxygen atoms in total. The molecule has 0 fully saturated rings. The lowest BCUT2D eigenvalue weighted by Crippen LogP contribution is -2.25. The molecule has 0 bridgehead atoms. The number of nitrogens with one attached hydrogen (secondary N) is 1. The lowest BCUT2D eigenvalue weighted by Gasteiger charge is -2.10. The first kappa shape index (κ1) is 14.7. The predicted molar refractivity (Wildman–Crippen MR) is 91.4 cm³/mol. The number of hydrogen-bond donors (Lipinski definition) is 1. The number of fused-ring (bicyclic) bond motifs is 3. The number of nitrogens with zero attached hydrogens (tertiary/aromatic N) is 2. The third kappa shape index (κ3) is 2.10. The zero-order valence-electron chi connectivity index (χ0n) is 13.7. The number of para-hydroxylation sites is 1. The van der Waals surface area contributed by atoms with Gasteiger partial charge in [-0.25, -0.2) is 0 Å². The quantitative estimate of drug-likeness (QED) is 0.780. The third-order valence-corrected chi connectivity index (χ3v) is 4.18. The SMILES string of the molecule is CCCNC(=O)c1cc2c(c3ccccc3n2C(C)C)n1C. The Balaban J connectivity index is 2.26. The lowest BCUT2D eigenvalue weighted by molar-refractivity contribution is 0.0946. The highest BCUT2D eigenvalue weighted by atomic mass is 16.1. The Kier molecular flexibility index (Phi) is 3.69. The molecule has 4 heteroatoms. The molecule has 0 atom stereocenters. The first-order valence-corrected chi connectivity index (χ1v) is 7.92. The van der Waals surface area contributed by atoms with Crippen molar-refractivity contribution in [1.29, 1.82) is 0 Å². The molecule has 0 aliphatic carbocycles. The average molecular weight is 297 g/mol. The Hall–Kier alpha value is -2.23. The van der Waals surface area contributed by atoms with E-state index in [0.717, 1.165) is 23.1 Å². The van der Waals surface area contributed by atoms with E-state index in [1.165, 1.54) is 10.9 Å². The highest BCUT2D eigenvalue weighted by Gasteiger charge is 2.20. The summed E-state index contributed by atoms with van der Waals surface area (Å²) in [6.45, 7) is 7.12. The fourth-order valence-corrected chi connectivity index (χ4v) is 3.21. The topological polar surface area (TPSA) is 39.0 Å². The Bertz CT molecular complexity index is 839. The molecule has 0 saturated carbocycles. The maximum absolute atomic E-state index is 12.4. The van der Waals surface area contributed by atoms with E-state index in [0.29, 0.717) is 12.6 Å². The second-order valence-electron chi connectivity index (χ2n) is 6.06. The van der Waals surface area contributed by atoms with Gasteiger partial charge in [-0.15, -0.1) is 0 Å². The summed E-state index contributed by atoms with van der Waals surface area (Å²) >= 11 is 0. The molecule has 0 radical (unpaired) electrons. The smallest absolute Gasteiger partial charge is 0.267 e. The normalized spacial score (nSPS) is 11.7. The summed E-state index contributed by atoms with van der Waals surface area (Å²) < 4.78 is 4.32. The van der Waals surface area contributed by atoms with E-state index in [2.05, 4.69) is 54.9 Å². The summed E-state index contributed by atoms with van der Waals surface area (Å²) in [6.07, 6.45) is 0.941. The van der Waals surface area contributed by atoms with Crippen LogP contribution in [-0.4, -0.2) is 21.6 Å². The van der Waals surface area contributed by atoms with E-state index >= 15 is 0 Å². The van der Waals surface area contributed by atoms with Crippen LogP contribution < -0.4 is 5.32 Å². The zero-order valence-corrected chi connectivity index (χ0v) is 13.7.